The monoisotopic (exact) mass is 757 g/mol. The summed E-state index contributed by atoms with van der Waals surface area (Å²) in [6.45, 7) is 0. The first-order valence-electron chi connectivity index (χ1n) is 19.8. The molecule has 11 aromatic rings. The van der Waals surface area contributed by atoms with Crippen molar-refractivity contribution in [2.45, 2.75) is 5.41 Å². The zero-order valence-electron chi connectivity index (χ0n) is 31.5. The number of hydrogen-bond donors (Lipinski definition) is 0. The second-order valence-electron chi connectivity index (χ2n) is 15.2. The molecule has 0 atom stereocenters. The van der Waals surface area contributed by atoms with Gasteiger partial charge < -0.3 is 9.32 Å². The van der Waals surface area contributed by atoms with Gasteiger partial charge in [0.15, 0.2) is 0 Å². The summed E-state index contributed by atoms with van der Waals surface area (Å²) in [4.78, 5) is 2.43. The molecule has 0 N–H and O–H groups in total. The molecule has 0 spiro atoms. The number of para-hydroxylation sites is 1. The van der Waals surface area contributed by atoms with Crippen LogP contribution in [0.25, 0.3) is 64.4 Å². The minimum Gasteiger partial charge on any atom is -0.456 e. The van der Waals surface area contributed by atoms with Crippen molar-refractivity contribution in [1.82, 2.24) is 0 Å². The molecule has 1 aliphatic rings. The van der Waals surface area contributed by atoms with E-state index in [-0.39, 0.29) is 0 Å². The SMILES string of the molecule is c1ccc(C2(c3ccccc3)c3ccccc3-c3cc(N(c4ccc(-c5ccc6oc7ccccc7c6c5)cc4)c4ccc5sc6ccccc6c5c4)ccc32)cc1. The maximum atomic E-state index is 6.15. The van der Waals surface area contributed by atoms with Crippen LogP contribution in [0.4, 0.5) is 17.1 Å². The van der Waals surface area contributed by atoms with E-state index in [1.807, 2.05) is 23.5 Å². The molecule has 12 rings (SSSR count). The molecule has 58 heavy (non-hydrogen) atoms. The number of benzene rings is 9. The van der Waals surface area contributed by atoms with E-state index in [9.17, 15) is 0 Å². The van der Waals surface area contributed by atoms with Crippen LogP contribution in [0.15, 0.2) is 217 Å². The number of fused-ring (bicyclic) bond motifs is 9. The van der Waals surface area contributed by atoms with Gasteiger partial charge in [-0.3, -0.25) is 0 Å². The number of furan rings is 1. The Balaban J connectivity index is 1.05. The molecule has 2 nitrogen and oxygen atoms in total. The minimum absolute atomic E-state index is 0.449. The van der Waals surface area contributed by atoms with Gasteiger partial charge in [0, 0.05) is 48.0 Å². The minimum atomic E-state index is -0.449. The summed E-state index contributed by atoms with van der Waals surface area (Å²) in [5.41, 5.74) is 14.7. The van der Waals surface area contributed by atoms with Gasteiger partial charge in [-0.2, -0.15) is 0 Å². The largest absolute Gasteiger partial charge is 0.456 e. The van der Waals surface area contributed by atoms with Crippen molar-refractivity contribution in [3.63, 3.8) is 0 Å². The third kappa shape index (κ3) is 4.90. The lowest BCUT2D eigenvalue weighted by atomic mass is 9.68. The Labute approximate surface area is 340 Å². The van der Waals surface area contributed by atoms with Gasteiger partial charge in [0.05, 0.1) is 5.41 Å². The van der Waals surface area contributed by atoms with Gasteiger partial charge in [0.25, 0.3) is 0 Å². The lowest BCUT2D eigenvalue weighted by Crippen LogP contribution is -2.28. The fourth-order valence-corrected chi connectivity index (χ4v) is 10.7. The Kier molecular flexibility index (Phi) is 7.35. The summed E-state index contributed by atoms with van der Waals surface area (Å²) in [6.07, 6.45) is 0. The molecule has 2 aromatic heterocycles. The predicted octanol–water partition coefficient (Wildman–Crippen LogP) is 15.5. The predicted molar refractivity (Wildman–Crippen MR) is 244 cm³/mol. The smallest absolute Gasteiger partial charge is 0.135 e. The molecule has 0 fully saturated rings. The zero-order chi connectivity index (χ0) is 38.2. The highest BCUT2D eigenvalue weighted by Crippen LogP contribution is 2.57. The number of hydrogen-bond acceptors (Lipinski definition) is 3. The second kappa shape index (κ2) is 12.9. The lowest BCUT2D eigenvalue weighted by molar-refractivity contribution is 0.669. The molecule has 0 bridgehead atoms. The first-order valence-corrected chi connectivity index (χ1v) is 20.6. The molecule has 0 aliphatic heterocycles. The van der Waals surface area contributed by atoms with Crippen LogP contribution in [0.2, 0.25) is 0 Å². The van der Waals surface area contributed by atoms with E-state index < -0.39 is 5.41 Å². The van der Waals surface area contributed by atoms with Gasteiger partial charge in [-0.15, -0.1) is 11.3 Å². The van der Waals surface area contributed by atoms with Crippen LogP contribution in [0.1, 0.15) is 22.3 Å². The summed E-state index contributed by atoms with van der Waals surface area (Å²) < 4.78 is 8.75. The van der Waals surface area contributed by atoms with E-state index in [2.05, 4.69) is 205 Å². The normalized spacial score (nSPS) is 13.0. The molecule has 272 valence electrons. The third-order valence-corrected chi connectivity index (χ3v) is 13.3. The van der Waals surface area contributed by atoms with Gasteiger partial charge in [0.2, 0.25) is 0 Å². The van der Waals surface area contributed by atoms with Crippen LogP contribution >= 0.6 is 11.3 Å². The van der Waals surface area contributed by atoms with Crippen LogP contribution in [0.5, 0.6) is 0 Å². The van der Waals surface area contributed by atoms with Gasteiger partial charge in [0.1, 0.15) is 11.2 Å². The molecule has 1 aliphatic carbocycles. The van der Waals surface area contributed by atoms with Crippen molar-refractivity contribution in [2.24, 2.45) is 0 Å². The first kappa shape index (κ1) is 33.0. The fourth-order valence-electron chi connectivity index (χ4n) is 9.59. The molecular formula is C55H35NOS. The molecule has 0 saturated carbocycles. The topological polar surface area (TPSA) is 16.4 Å². The quantitative estimate of drug-likeness (QED) is 0.168. The van der Waals surface area contributed by atoms with E-state index in [0.29, 0.717) is 0 Å². The summed E-state index contributed by atoms with van der Waals surface area (Å²) in [6, 6.07) is 77.7. The van der Waals surface area contributed by atoms with Gasteiger partial charge in [-0.05, 0) is 111 Å². The molecule has 0 radical (unpaired) electrons. The lowest BCUT2D eigenvalue weighted by Gasteiger charge is -2.34. The van der Waals surface area contributed by atoms with Crippen LogP contribution in [0.3, 0.4) is 0 Å². The molecule has 0 unspecified atom stereocenters. The molecule has 3 heteroatoms. The van der Waals surface area contributed by atoms with Crippen LogP contribution in [-0.4, -0.2) is 0 Å². The highest BCUT2D eigenvalue weighted by Gasteiger charge is 2.46. The number of anilines is 3. The molecule has 9 aromatic carbocycles. The summed E-state index contributed by atoms with van der Waals surface area (Å²) in [5.74, 6) is 0. The second-order valence-corrected chi connectivity index (χ2v) is 16.3. The average molecular weight is 758 g/mol. The number of nitrogens with zero attached hydrogens (tertiary/aromatic N) is 1. The van der Waals surface area contributed by atoms with Crippen LogP contribution < -0.4 is 4.90 Å². The molecular weight excluding hydrogens is 723 g/mol. The maximum Gasteiger partial charge on any atom is 0.135 e. The standard InChI is InChI=1S/C55H35NOS/c1-3-13-38(14-4-1)55(39-15-5-2-6-16-39)49-20-10-7-17-43(49)46-34-41(28-30-50(46)55)56(42-29-32-54-48(35-42)45-19-9-12-22-53(45)58-54)40-26-23-36(24-27-40)37-25-31-52-47(33-37)44-18-8-11-21-51(44)57-52/h1-35H. The molecule has 0 saturated heterocycles. The van der Waals surface area contributed by atoms with Crippen molar-refractivity contribution in [3.8, 4) is 22.3 Å². The summed E-state index contributed by atoms with van der Waals surface area (Å²) in [5, 5.41) is 4.84. The Morgan fingerprint density at radius 2 is 0.948 bits per heavy atom. The highest BCUT2D eigenvalue weighted by molar-refractivity contribution is 7.25. The van der Waals surface area contributed by atoms with Crippen LogP contribution in [0, 0.1) is 0 Å². The van der Waals surface area contributed by atoms with Gasteiger partial charge in [-0.25, -0.2) is 0 Å². The van der Waals surface area contributed by atoms with E-state index in [0.717, 1.165) is 50.1 Å². The molecule has 2 heterocycles. The highest BCUT2D eigenvalue weighted by atomic mass is 32.1. The van der Waals surface area contributed by atoms with Crippen molar-refractivity contribution >= 4 is 70.5 Å². The van der Waals surface area contributed by atoms with E-state index >= 15 is 0 Å². The summed E-state index contributed by atoms with van der Waals surface area (Å²) in [7, 11) is 0. The zero-order valence-corrected chi connectivity index (χ0v) is 32.3. The summed E-state index contributed by atoms with van der Waals surface area (Å²) >= 11 is 1.85. The van der Waals surface area contributed by atoms with Crippen molar-refractivity contribution in [3.05, 3.63) is 235 Å². The first-order chi connectivity index (χ1) is 28.7. The molecule has 0 amide bonds. The van der Waals surface area contributed by atoms with E-state index in [1.165, 1.54) is 53.6 Å². The third-order valence-electron chi connectivity index (χ3n) is 12.2. The fraction of sp³-hybridized carbons (Fsp3) is 0.0182. The van der Waals surface area contributed by atoms with Crippen molar-refractivity contribution in [1.29, 1.82) is 0 Å². The Morgan fingerprint density at radius 1 is 0.362 bits per heavy atom. The van der Waals surface area contributed by atoms with Crippen molar-refractivity contribution in [2.75, 3.05) is 4.90 Å². The Hall–Kier alpha value is -7.20. The van der Waals surface area contributed by atoms with E-state index in [1.54, 1.807) is 0 Å². The van der Waals surface area contributed by atoms with Gasteiger partial charge in [-0.1, -0.05) is 146 Å². The number of thiophene rings is 1. The van der Waals surface area contributed by atoms with Gasteiger partial charge >= 0.3 is 0 Å². The van der Waals surface area contributed by atoms with Crippen LogP contribution in [-0.2, 0) is 5.41 Å². The van der Waals surface area contributed by atoms with Crippen molar-refractivity contribution < 1.29 is 4.42 Å². The Bertz CT molecular complexity index is 3300. The van der Waals surface area contributed by atoms with E-state index in [4.69, 9.17) is 4.42 Å². The Morgan fingerprint density at radius 3 is 1.76 bits per heavy atom. The number of rotatable bonds is 6. The maximum absolute atomic E-state index is 6.15. The average Bonchev–Trinajstić information content (AvgIpc) is 3.95.